The molecular formula is C29H25NO5S. The number of hydrogen-bond donors (Lipinski definition) is 1. The zero-order valence-corrected chi connectivity index (χ0v) is 20.5. The molecule has 0 amide bonds. The summed E-state index contributed by atoms with van der Waals surface area (Å²) >= 11 is 0. The van der Waals surface area contributed by atoms with Crippen LogP contribution in [-0.2, 0) is 20.3 Å². The Morgan fingerprint density at radius 2 is 1.89 bits per heavy atom. The highest BCUT2D eigenvalue weighted by Gasteiger charge is 2.26. The summed E-state index contributed by atoms with van der Waals surface area (Å²) in [6, 6.07) is 18.2. The van der Waals surface area contributed by atoms with Crippen LogP contribution in [0.3, 0.4) is 0 Å². The third kappa shape index (κ3) is 5.56. The number of carboxylic acid groups (broad SMARTS) is 1. The fourth-order valence-corrected chi connectivity index (χ4v) is 5.08. The molecule has 4 rings (SSSR count). The molecule has 2 atom stereocenters. The molecule has 0 saturated carbocycles. The second-order valence-electron chi connectivity index (χ2n) is 8.16. The van der Waals surface area contributed by atoms with Gasteiger partial charge in [-0.15, -0.1) is 0 Å². The Kier molecular flexibility index (Phi) is 7.99. The lowest BCUT2D eigenvalue weighted by Gasteiger charge is -2.19. The van der Waals surface area contributed by atoms with Crippen molar-refractivity contribution in [2.45, 2.75) is 25.4 Å². The van der Waals surface area contributed by atoms with Gasteiger partial charge in [0.15, 0.2) is 0 Å². The van der Waals surface area contributed by atoms with Crippen molar-refractivity contribution in [2.24, 2.45) is 0 Å². The molecule has 2 unspecified atom stereocenters. The number of nitriles is 1. The number of allylic oxidation sites excluding steroid dienone is 7. The van der Waals surface area contributed by atoms with Gasteiger partial charge in [0.05, 0.1) is 17.9 Å². The fraction of sp³-hybridized carbons (Fsp3) is 0.172. The molecule has 7 heteroatoms. The SMILES string of the molecule is COc1ccc(C2=C(\C#N)C(OC(C(=O)O)c3ccccc3)=CCCC/C(C3=CC=CS3=O)=C\2)cc1. The maximum Gasteiger partial charge on any atom is 0.349 e. The van der Waals surface area contributed by atoms with Gasteiger partial charge in [-0.2, -0.15) is 5.26 Å². The monoisotopic (exact) mass is 499 g/mol. The Balaban J connectivity index is 1.87. The largest absolute Gasteiger partial charge is 0.497 e. The van der Waals surface area contributed by atoms with E-state index < -0.39 is 22.9 Å². The fourth-order valence-electron chi connectivity index (χ4n) is 4.08. The molecule has 1 aliphatic carbocycles. The van der Waals surface area contributed by atoms with E-state index in [0.29, 0.717) is 41.1 Å². The van der Waals surface area contributed by atoms with Crippen LogP contribution >= 0.6 is 0 Å². The van der Waals surface area contributed by atoms with Crippen LogP contribution in [0.4, 0.5) is 0 Å². The Bertz CT molecular complexity index is 1360. The highest BCUT2D eigenvalue weighted by molar-refractivity contribution is 7.92. The molecule has 1 N–H and O–H groups in total. The van der Waals surface area contributed by atoms with Gasteiger partial charge in [0.25, 0.3) is 0 Å². The normalized spacial score (nSPS) is 22.0. The summed E-state index contributed by atoms with van der Waals surface area (Å²) in [7, 11) is 0.321. The second-order valence-corrected chi connectivity index (χ2v) is 9.47. The minimum Gasteiger partial charge on any atom is -0.497 e. The smallest absolute Gasteiger partial charge is 0.349 e. The molecule has 0 radical (unpaired) electrons. The number of benzene rings is 2. The van der Waals surface area contributed by atoms with Crippen LogP contribution in [0.2, 0.25) is 0 Å². The first-order valence-corrected chi connectivity index (χ1v) is 12.7. The molecule has 0 spiro atoms. The van der Waals surface area contributed by atoms with Crippen LogP contribution in [0.5, 0.6) is 5.75 Å². The van der Waals surface area contributed by atoms with Gasteiger partial charge in [0, 0.05) is 21.4 Å². The number of rotatable bonds is 7. The molecule has 36 heavy (non-hydrogen) atoms. The van der Waals surface area contributed by atoms with Crippen LogP contribution in [0, 0.1) is 11.3 Å². The second kappa shape index (κ2) is 11.5. The number of carboxylic acids is 1. The first-order valence-electron chi connectivity index (χ1n) is 11.5. The Labute approximate surface area is 212 Å². The third-order valence-electron chi connectivity index (χ3n) is 5.88. The molecule has 1 heterocycles. The summed E-state index contributed by atoms with van der Waals surface area (Å²) < 4.78 is 23.9. The van der Waals surface area contributed by atoms with Crippen LogP contribution in [-0.4, -0.2) is 22.4 Å². The van der Waals surface area contributed by atoms with Gasteiger partial charge in [0.2, 0.25) is 6.10 Å². The Morgan fingerprint density at radius 3 is 2.50 bits per heavy atom. The van der Waals surface area contributed by atoms with E-state index in [2.05, 4.69) is 6.07 Å². The van der Waals surface area contributed by atoms with Gasteiger partial charge in [0.1, 0.15) is 23.2 Å². The van der Waals surface area contributed by atoms with E-state index >= 15 is 0 Å². The predicted molar refractivity (Wildman–Crippen MR) is 139 cm³/mol. The molecule has 0 saturated heterocycles. The highest BCUT2D eigenvalue weighted by atomic mass is 32.2. The highest BCUT2D eigenvalue weighted by Crippen LogP contribution is 2.36. The summed E-state index contributed by atoms with van der Waals surface area (Å²) in [6.45, 7) is 0. The average molecular weight is 500 g/mol. The van der Waals surface area contributed by atoms with E-state index in [-0.39, 0.29) is 11.3 Å². The van der Waals surface area contributed by atoms with Crippen molar-refractivity contribution in [3.8, 4) is 11.8 Å². The van der Waals surface area contributed by atoms with E-state index in [0.717, 1.165) is 11.1 Å². The van der Waals surface area contributed by atoms with Crippen LogP contribution in [0.1, 0.15) is 36.5 Å². The standard InChI is InChI=1S/C29H25NO5S/c1-34-23-15-13-20(14-16-23)24-18-22(27-12-7-17-36(27)33)10-5-6-11-26(25(24)19-30)35-28(29(31)32)21-8-3-2-4-9-21/h2-4,7-9,11-18,28H,5-6,10H2,1H3,(H,31,32)/b22-18+,25-24+,26-11?. The number of nitrogens with zero attached hydrogens (tertiary/aromatic N) is 1. The van der Waals surface area contributed by atoms with Crippen molar-refractivity contribution in [3.63, 3.8) is 0 Å². The van der Waals surface area contributed by atoms with E-state index in [9.17, 15) is 19.4 Å². The predicted octanol–water partition coefficient (Wildman–Crippen LogP) is 5.97. The van der Waals surface area contributed by atoms with E-state index in [1.54, 1.807) is 67.1 Å². The third-order valence-corrected chi connectivity index (χ3v) is 7.12. The number of carbonyl (C=O) groups is 1. The average Bonchev–Trinajstić information content (AvgIpc) is 3.36. The zero-order valence-electron chi connectivity index (χ0n) is 19.7. The number of hydrogen-bond acceptors (Lipinski definition) is 5. The molecule has 2 aromatic carbocycles. The molecule has 1 aliphatic heterocycles. The number of ether oxygens (including phenoxy) is 2. The van der Waals surface area contributed by atoms with E-state index in [1.807, 2.05) is 24.3 Å². The van der Waals surface area contributed by atoms with Gasteiger partial charge in [-0.1, -0.05) is 48.5 Å². The summed E-state index contributed by atoms with van der Waals surface area (Å²) in [5, 5.41) is 21.9. The van der Waals surface area contributed by atoms with Crippen molar-refractivity contribution < 1.29 is 23.6 Å². The topological polar surface area (TPSA) is 96.6 Å². The lowest BCUT2D eigenvalue weighted by molar-refractivity contribution is -0.148. The van der Waals surface area contributed by atoms with Crippen molar-refractivity contribution in [2.75, 3.05) is 7.11 Å². The number of methoxy groups -OCH3 is 1. The minimum atomic E-state index is -1.28. The van der Waals surface area contributed by atoms with Crippen molar-refractivity contribution >= 4 is 22.3 Å². The Morgan fingerprint density at radius 1 is 1.14 bits per heavy atom. The molecule has 0 aromatic heterocycles. The summed E-state index contributed by atoms with van der Waals surface area (Å²) in [5.74, 6) is -0.285. The Hall–Kier alpha value is -4.15. The maximum absolute atomic E-state index is 12.6. The van der Waals surface area contributed by atoms with Gasteiger partial charge in [-0.25, -0.2) is 9.00 Å². The van der Waals surface area contributed by atoms with Gasteiger partial charge >= 0.3 is 5.97 Å². The van der Waals surface area contributed by atoms with Crippen LogP contribution < -0.4 is 4.74 Å². The summed E-state index contributed by atoms with van der Waals surface area (Å²) in [5.41, 5.74) is 2.84. The molecule has 0 bridgehead atoms. The maximum atomic E-state index is 12.6. The molecule has 0 fully saturated rings. The van der Waals surface area contributed by atoms with Crippen LogP contribution in [0.15, 0.2) is 106 Å². The first kappa shape index (κ1) is 25.0. The van der Waals surface area contributed by atoms with Gasteiger partial charge in [-0.3, -0.25) is 0 Å². The molecular weight excluding hydrogens is 474 g/mol. The van der Waals surface area contributed by atoms with Crippen molar-refractivity contribution in [1.29, 1.82) is 5.26 Å². The van der Waals surface area contributed by atoms with Crippen molar-refractivity contribution in [3.05, 3.63) is 117 Å². The minimum absolute atomic E-state index is 0.205. The summed E-state index contributed by atoms with van der Waals surface area (Å²) in [6.07, 6.45) is 7.88. The lowest BCUT2D eigenvalue weighted by Crippen LogP contribution is -2.16. The zero-order chi connectivity index (χ0) is 25.5. The van der Waals surface area contributed by atoms with Gasteiger partial charge in [-0.05, 0) is 60.8 Å². The molecule has 6 nitrogen and oxygen atoms in total. The molecule has 182 valence electrons. The quantitative estimate of drug-likeness (QED) is 0.504. The van der Waals surface area contributed by atoms with E-state index in [1.165, 1.54) is 0 Å². The number of aliphatic carboxylic acids is 1. The van der Waals surface area contributed by atoms with Crippen molar-refractivity contribution in [1.82, 2.24) is 0 Å². The molecule has 2 aromatic rings. The van der Waals surface area contributed by atoms with E-state index in [4.69, 9.17) is 9.47 Å². The molecule has 2 aliphatic rings. The first-order chi connectivity index (χ1) is 17.5. The van der Waals surface area contributed by atoms with Crippen LogP contribution in [0.25, 0.3) is 5.57 Å². The summed E-state index contributed by atoms with van der Waals surface area (Å²) in [4.78, 5) is 12.9. The lowest BCUT2D eigenvalue weighted by atomic mass is 9.95. The van der Waals surface area contributed by atoms with Gasteiger partial charge < -0.3 is 14.6 Å².